The average Bonchev–Trinajstić information content (AvgIpc) is 2.10. The lowest BCUT2D eigenvalue weighted by atomic mass is 9.97. The molecule has 0 aromatic heterocycles. The Morgan fingerprint density at radius 1 is 1.14 bits per heavy atom. The largest absolute Gasteiger partial charge is 0.100 e. The fraction of sp³-hybridized carbons (Fsp3) is 0.429. The van der Waals surface area contributed by atoms with Crippen molar-refractivity contribution in [3.8, 4) is 0 Å². The van der Waals surface area contributed by atoms with E-state index in [0.29, 0.717) is 0 Å². The second-order valence-corrected chi connectivity index (χ2v) is 4.31. The topological polar surface area (TPSA) is 0 Å². The highest BCUT2D eigenvalue weighted by atomic mass is 14.1. The van der Waals surface area contributed by atoms with E-state index in [1.54, 1.807) is 0 Å². The van der Waals surface area contributed by atoms with Crippen molar-refractivity contribution < 1.29 is 0 Å². The van der Waals surface area contributed by atoms with Crippen LogP contribution < -0.4 is 0 Å². The van der Waals surface area contributed by atoms with Crippen LogP contribution in [0.3, 0.4) is 0 Å². The van der Waals surface area contributed by atoms with E-state index in [1.807, 2.05) is 0 Å². The number of hydrogen-bond donors (Lipinski definition) is 0. The van der Waals surface area contributed by atoms with Crippen LogP contribution in [-0.4, -0.2) is 0 Å². The zero-order chi connectivity index (χ0) is 10.7. The highest BCUT2D eigenvalue weighted by Crippen LogP contribution is 2.17. The van der Waals surface area contributed by atoms with Crippen LogP contribution in [0.1, 0.15) is 35.6 Å². The van der Waals surface area contributed by atoms with Gasteiger partial charge in [-0.05, 0) is 62.8 Å². The highest BCUT2D eigenvalue weighted by molar-refractivity contribution is 5.37. The van der Waals surface area contributed by atoms with E-state index in [0.717, 1.165) is 12.8 Å². The Bertz CT molecular complexity index is 322. The average molecular weight is 188 g/mol. The molecule has 0 spiro atoms. The maximum Gasteiger partial charge on any atom is -0.0241 e. The zero-order valence-corrected chi connectivity index (χ0v) is 9.78. The molecule has 0 aliphatic rings. The van der Waals surface area contributed by atoms with Crippen molar-refractivity contribution in [2.75, 3.05) is 0 Å². The summed E-state index contributed by atoms with van der Waals surface area (Å²) in [7, 11) is 0. The first-order valence-electron chi connectivity index (χ1n) is 5.22. The Labute approximate surface area is 87.7 Å². The van der Waals surface area contributed by atoms with Gasteiger partial charge in [0, 0.05) is 0 Å². The van der Waals surface area contributed by atoms with E-state index >= 15 is 0 Å². The maximum atomic E-state index is 3.93. The Kier molecular flexibility index (Phi) is 3.51. The molecule has 0 bridgehead atoms. The minimum absolute atomic E-state index is 1.10. The van der Waals surface area contributed by atoms with Gasteiger partial charge in [-0.25, -0.2) is 0 Å². The lowest BCUT2D eigenvalue weighted by Gasteiger charge is -2.08. The Morgan fingerprint density at radius 3 is 2.07 bits per heavy atom. The maximum absolute atomic E-state index is 3.93. The number of aryl methyl sites for hydroxylation is 3. The minimum Gasteiger partial charge on any atom is -0.100 e. The summed E-state index contributed by atoms with van der Waals surface area (Å²) >= 11 is 0. The van der Waals surface area contributed by atoms with Crippen LogP contribution in [0.25, 0.3) is 0 Å². The Balaban J connectivity index is 2.84. The van der Waals surface area contributed by atoms with Gasteiger partial charge in [-0.1, -0.05) is 17.7 Å². The molecule has 0 unspecified atom stereocenters. The molecular weight excluding hydrogens is 168 g/mol. The molecule has 1 aromatic carbocycles. The molecule has 0 heterocycles. The van der Waals surface area contributed by atoms with Crippen LogP contribution in [0.2, 0.25) is 0 Å². The first-order valence-corrected chi connectivity index (χ1v) is 5.22. The number of hydrogen-bond acceptors (Lipinski definition) is 0. The molecule has 76 valence electrons. The standard InChI is InChI=1S/C14H20/c1-10(2)6-7-14-8-11(3)13(5)12(4)9-14/h8-9H,1,6-7H2,2-5H3. The normalized spacial score (nSPS) is 10.3. The van der Waals surface area contributed by atoms with Crippen LogP contribution in [0, 0.1) is 20.8 Å². The van der Waals surface area contributed by atoms with Crippen molar-refractivity contribution in [3.05, 3.63) is 46.5 Å². The number of rotatable bonds is 3. The van der Waals surface area contributed by atoms with Crippen molar-refractivity contribution in [3.63, 3.8) is 0 Å². The molecule has 1 aromatic rings. The van der Waals surface area contributed by atoms with E-state index in [2.05, 4.69) is 46.4 Å². The summed E-state index contributed by atoms with van der Waals surface area (Å²) < 4.78 is 0. The quantitative estimate of drug-likeness (QED) is 0.626. The fourth-order valence-corrected chi connectivity index (χ4v) is 1.63. The van der Waals surface area contributed by atoms with Gasteiger partial charge in [-0.15, -0.1) is 6.58 Å². The summed E-state index contributed by atoms with van der Waals surface area (Å²) in [5.74, 6) is 0. The third-order valence-electron chi connectivity index (χ3n) is 2.83. The smallest absolute Gasteiger partial charge is 0.0241 e. The fourth-order valence-electron chi connectivity index (χ4n) is 1.63. The molecule has 0 nitrogen and oxygen atoms in total. The molecule has 0 aliphatic heterocycles. The molecule has 0 radical (unpaired) electrons. The van der Waals surface area contributed by atoms with E-state index in [-0.39, 0.29) is 0 Å². The predicted octanol–water partition coefficient (Wildman–Crippen LogP) is 4.12. The van der Waals surface area contributed by atoms with Crippen molar-refractivity contribution in [1.29, 1.82) is 0 Å². The number of benzene rings is 1. The van der Waals surface area contributed by atoms with Gasteiger partial charge in [0.2, 0.25) is 0 Å². The van der Waals surface area contributed by atoms with Gasteiger partial charge in [0.15, 0.2) is 0 Å². The third-order valence-corrected chi connectivity index (χ3v) is 2.83. The van der Waals surface area contributed by atoms with Crippen LogP contribution in [-0.2, 0) is 6.42 Å². The third kappa shape index (κ3) is 2.73. The highest BCUT2D eigenvalue weighted by Gasteiger charge is 2.00. The van der Waals surface area contributed by atoms with Gasteiger partial charge >= 0.3 is 0 Å². The summed E-state index contributed by atoms with van der Waals surface area (Å²) in [6.45, 7) is 12.6. The SMILES string of the molecule is C=C(C)CCc1cc(C)c(C)c(C)c1. The van der Waals surface area contributed by atoms with Crippen molar-refractivity contribution in [2.24, 2.45) is 0 Å². The summed E-state index contributed by atoms with van der Waals surface area (Å²) in [4.78, 5) is 0. The van der Waals surface area contributed by atoms with Gasteiger partial charge in [-0.2, -0.15) is 0 Å². The predicted molar refractivity (Wildman–Crippen MR) is 63.8 cm³/mol. The second kappa shape index (κ2) is 4.45. The first kappa shape index (κ1) is 11.0. The van der Waals surface area contributed by atoms with Gasteiger partial charge in [0.05, 0.1) is 0 Å². The lowest BCUT2D eigenvalue weighted by Crippen LogP contribution is -1.92. The first-order chi connectivity index (χ1) is 6.50. The Morgan fingerprint density at radius 2 is 1.64 bits per heavy atom. The van der Waals surface area contributed by atoms with Crippen LogP contribution >= 0.6 is 0 Å². The molecular formula is C14H20. The minimum atomic E-state index is 1.10. The summed E-state index contributed by atoms with van der Waals surface area (Å²) in [5, 5.41) is 0. The molecule has 14 heavy (non-hydrogen) atoms. The van der Waals surface area contributed by atoms with E-state index in [1.165, 1.54) is 27.8 Å². The van der Waals surface area contributed by atoms with Crippen molar-refractivity contribution >= 4 is 0 Å². The molecule has 1 rings (SSSR count). The van der Waals surface area contributed by atoms with Crippen LogP contribution in [0.4, 0.5) is 0 Å². The molecule has 0 saturated heterocycles. The second-order valence-electron chi connectivity index (χ2n) is 4.31. The van der Waals surface area contributed by atoms with E-state index < -0.39 is 0 Å². The van der Waals surface area contributed by atoms with E-state index in [9.17, 15) is 0 Å². The zero-order valence-electron chi connectivity index (χ0n) is 9.78. The molecule has 0 aliphatic carbocycles. The van der Waals surface area contributed by atoms with Gasteiger partial charge in [0.25, 0.3) is 0 Å². The number of allylic oxidation sites excluding steroid dienone is 1. The molecule has 0 heteroatoms. The van der Waals surface area contributed by atoms with Crippen molar-refractivity contribution in [2.45, 2.75) is 40.5 Å². The van der Waals surface area contributed by atoms with Gasteiger partial charge < -0.3 is 0 Å². The lowest BCUT2D eigenvalue weighted by molar-refractivity contribution is 0.940. The molecule has 0 N–H and O–H groups in total. The Hall–Kier alpha value is -1.04. The van der Waals surface area contributed by atoms with Crippen LogP contribution in [0.5, 0.6) is 0 Å². The summed E-state index contributed by atoms with van der Waals surface area (Å²) in [5.41, 5.74) is 6.93. The molecule has 0 atom stereocenters. The van der Waals surface area contributed by atoms with Crippen molar-refractivity contribution in [1.82, 2.24) is 0 Å². The van der Waals surface area contributed by atoms with Gasteiger partial charge in [0.1, 0.15) is 0 Å². The van der Waals surface area contributed by atoms with Crippen LogP contribution in [0.15, 0.2) is 24.3 Å². The summed E-state index contributed by atoms with van der Waals surface area (Å²) in [6, 6.07) is 4.59. The molecule has 0 fully saturated rings. The van der Waals surface area contributed by atoms with Gasteiger partial charge in [-0.3, -0.25) is 0 Å². The summed E-state index contributed by atoms with van der Waals surface area (Å²) in [6.07, 6.45) is 2.22. The molecule has 0 amide bonds. The monoisotopic (exact) mass is 188 g/mol. The molecule has 0 saturated carbocycles. The van der Waals surface area contributed by atoms with E-state index in [4.69, 9.17) is 0 Å².